The Hall–Kier alpha value is -5.04. The Morgan fingerprint density at radius 2 is 1.58 bits per heavy atom. The van der Waals surface area contributed by atoms with Crippen LogP contribution in [0.25, 0.3) is 27.7 Å². The number of fused-ring (bicyclic) bond motifs is 1. The molecule has 13 nitrogen and oxygen atoms in total. The molecule has 6 rings (SSSR count). The number of rotatable bonds is 11. The molecule has 3 aliphatic heterocycles. The van der Waals surface area contributed by atoms with Crippen molar-refractivity contribution < 1.29 is 33.2 Å². The van der Waals surface area contributed by atoms with Gasteiger partial charge in [-0.15, -0.1) is 0 Å². The molecule has 0 unspecified atom stereocenters. The van der Waals surface area contributed by atoms with E-state index in [1.54, 1.807) is 6.92 Å². The van der Waals surface area contributed by atoms with E-state index in [4.69, 9.17) is 19.0 Å². The molecule has 2 saturated heterocycles. The van der Waals surface area contributed by atoms with E-state index in [2.05, 4.69) is 53.9 Å². The fourth-order valence-corrected chi connectivity index (χ4v) is 7.22. The summed E-state index contributed by atoms with van der Waals surface area (Å²) in [5.74, 6) is -0.0702. The first-order chi connectivity index (χ1) is 25.0. The van der Waals surface area contributed by atoms with Crippen LogP contribution in [-0.2, 0) is 23.9 Å². The van der Waals surface area contributed by atoms with Crippen molar-refractivity contribution in [2.75, 3.05) is 32.6 Å². The number of carbonyl (C=O) groups excluding carboxylic acids is 4. The number of carbonyl (C=O) groups is 4. The second-order valence-electron chi connectivity index (χ2n) is 14.2. The van der Waals surface area contributed by atoms with Crippen molar-refractivity contribution in [3.8, 4) is 11.1 Å². The van der Waals surface area contributed by atoms with E-state index < -0.39 is 36.1 Å². The van der Waals surface area contributed by atoms with Crippen LogP contribution in [0.3, 0.4) is 0 Å². The SMILES string of the molecule is COC(=O)N[C@H](C(=O)N1CCC[C@H]1C(=O)Nc1noc2ccc(-c3ccc(C4=CN=C([C@@H]5CCCN5C(=O)[C@@H](C)C(C)C)C4)cc3)cc12)[C@@H](C)OC. The zero-order chi connectivity index (χ0) is 37.1. The third-order valence-corrected chi connectivity index (χ3v) is 10.8. The summed E-state index contributed by atoms with van der Waals surface area (Å²) < 4.78 is 15.6. The van der Waals surface area contributed by atoms with E-state index in [1.807, 2.05) is 36.2 Å². The minimum atomic E-state index is -1.03. The second kappa shape index (κ2) is 15.7. The van der Waals surface area contributed by atoms with Gasteiger partial charge < -0.3 is 34.4 Å². The van der Waals surface area contributed by atoms with Crippen LogP contribution in [0.1, 0.15) is 65.4 Å². The van der Waals surface area contributed by atoms with Gasteiger partial charge in [-0.2, -0.15) is 0 Å². The van der Waals surface area contributed by atoms with Crippen molar-refractivity contribution in [2.45, 2.75) is 84.0 Å². The molecule has 4 amide bonds. The average molecular weight is 713 g/mol. The lowest BCUT2D eigenvalue weighted by atomic mass is 9.94. The van der Waals surface area contributed by atoms with Crippen LogP contribution >= 0.6 is 0 Å². The van der Waals surface area contributed by atoms with Gasteiger partial charge in [0.05, 0.1) is 24.6 Å². The molecule has 52 heavy (non-hydrogen) atoms. The highest BCUT2D eigenvalue weighted by Crippen LogP contribution is 2.34. The van der Waals surface area contributed by atoms with Crippen molar-refractivity contribution in [1.82, 2.24) is 20.3 Å². The maximum atomic E-state index is 13.6. The smallest absolute Gasteiger partial charge is 0.407 e. The van der Waals surface area contributed by atoms with Crippen molar-refractivity contribution >= 4 is 51.9 Å². The normalized spacial score (nSPS) is 20.4. The molecule has 0 bridgehead atoms. The number of amides is 4. The Morgan fingerprint density at radius 1 is 0.885 bits per heavy atom. The highest BCUT2D eigenvalue weighted by atomic mass is 16.5. The number of allylic oxidation sites excluding steroid dienone is 1. The van der Waals surface area contributed by atoms with E-state index in [9.17, 15) is 19.2 Å². The van der Waals surface area contributed by atoms with Crippen LogP contribution in [-0.4, -0.2) is 96.0 Å². The van der Waals surface area contributed by atoms with Gasteiger partial charge in [-0.05, 0) is 72.9 Å². The number of nitrogens with zero attached hydrogens (tertiary/aromatic N) is 4. The summed E-state index contributed by atoms with van der Waals surface area (Å²) in [5.41, 5.74) is 5.66. The number of aromatic nitrogens is 1. The van der Waals surface area contributed by atoms with Gasteiger partial charge in [-0.25, -0.2) is 4.79 Å². The zero-order valence-corrected chi connectivity index (χ0v) is 30.7. The monoisotopic (exact) mass is 712 g/mol. The van der Waals surface area contributed by atoms with E-state index in [-0.39, 0.29) is 23.7 Å². The van der Waals surface area contributed by atoms with Gasteiger partial charge in [0.25, 0.3) is 0 Å². The number of hydrogen-bond donors (Lipinski definition) is 2. The van der Waals surface area contributed by atoms with Gasteiger partial charge in [0.2, 0.25) is 17.7 Å². The Morgan fingerprint density at radius 3 is 2.29 bits per heavy atom. The topological polar surface area (TPSA) is 156 Å². The Labute approximate surface area is 303 Å². The number of benzene rings is 2. The molecule has 2 N–H and O–H groups in total. The molecule has 0 spiro atoms. The summed E-state index contributed by atoms with van der Waals surface area (Å²) in [7, 11) is 2.66. The molecule has 5 atom stereocenters. The maximum absolute atomic E-state index is 13.6. The van der Waals surface area contributed by atoms with Gasteiger partial charge in [0, 0.05) is 44.4 Å². The van der Waals surface area contributed by atoms with Gasteiger partial charge >= 0.3 is 6.09 Å². The number of nitrogens with one attached hydrogen (secondary N) is 2. The number of ether oxygens (including phenoxy) is 2. The lowest BCUT2D eigenvalue weighted by Gasteiger charge is -2.30. The predicted molar refractivity (Wildman–Crippen MR) is 197 cm³/mol. The molecule has 4 heterocycles. The van der Waals surface area contributed by atoms with Crippen LogP contribution in [0, 0.1) is 11.8 Å². The lowest BCUT2D eigenvalue weighted by Crippen LogP contribution is -2.56. The highest BCUT2D eigenvalue weighted by molar-refractivity contribution is 6.05. The van der Waals surface area contributed by atoms with Gasteiger partial charge in [-0.1, -0.05) is 56.3 Å². The first kappa shape index (κ1) is 36.7. The molecular formula is C39H48N6O7. The van der Waals surface area contributed by atoms with Gasteiger partial charge in [-0.3, -0.25) is 19.4 Å². The fraction of sp³-hybridized carbons (Fsp3) is 0.487. The average Bonchev–Trinajstić information content (AvgIpc) is 3.99. The number of methoxy groups -OCH3 is 2. The molecule has 0 aliphatic carbocycles. The molecule has 2 aromatic carbocycles. The molecule has 276 valence electrons. The minimum Gasteiger partial charge on any atom is -0.453 e. The minimum absolute atomic E-state index is 0.0122. The van der Waals surface area contributed by atoms with Crippen molar-refractivity contribution in [3.63, 3.8) is 0 Å². The number of anilines is 1. The van der Waals surface area contributed by atoms with Crippen LogP contribution in [0.15, 0.2) is 58.2 Å². The molecule has 1 aromatic heterocycles. The van der Waals surface area contributed by atoms with E-state index in [0.29, 0.717) is 36.3 Å². The van der Waals surface area contributed by atoms with Crippen LogP contribution in [0.2, 0.25) is 0 Å². The Kier molecular flexibility index (Phi) is 11.1. The van der Waals surface area contributed by atoms with E-state index in [1.165, 1.54) is 19.1 Å². The Bertz CT molecular complexity index is 1880. The zero-order valence-electron chi connectivity index (χ0n) is 30.7. The highest BCUT2D eigenvalue weighted by Gasteiger charge is 2.40. The van der Waals surface area contributed by atoms with Crippen molar-refractivity contribution in [3.05, 3.63) is 54.2 Å². The number of alkyl carbamates (subject to hydrolysis) is 1. The summed E-state index contributed by atoms with van der Waals surface area (Å²) in [6.07, 6.45) is 4.25. The molecule has 0 saturated carbocycles. The maximum Gasteiger partial charge on any atom is 0.407 e. The van der Waals surface area contributed by atoms with Gasteiger partial charge in [0.15, 0.2) is 11.4 Å². The standard InChI is InChI=1S/C39H48N6O7/c1-22(2)23(3)37(47)44-17-7-9-31(44)30-20-28(21-40-30)26-13-11-25(12-14-26)27-15-16-33-29(19-27)35(43-52-33)42-36(46)32-10-8-18-45(32)38(48)34(24(4)50-5)41-39(49)51-6/h11-16,19,21-24,31-32,34H,7-10,17-18,20H2,1-6H3,(H,41,49)(H,42,43,46)/t23-,24+,31-,32-,34-/m0/s1. The van der Waals surface area contributed by atoms with Gasteiger partial charge in [0.1, 0.15) is 12.1 Å². The molecule has 3 aromatic rings. The third kappa shape index (κ3) is 7.45. The Balaban J connectivity index is 1.12. The first-order valence-electron chi connectivity index (χ1n) is 18.1. The number of aliphatic imine (C=N–C) groups is 1. The summed E-state index contributed by atoms with van der Waals surface area (Å²) in [6.45, 7) is 9.01. The summed E-state index contributed by atoms with van der Waals surface area (Å²) in [5, 5.41) is 10.2. The lowest BCUT2D eigenvalue weighted by molar-refractivity contribution is -0.141. The fourth-order valence-electron chi connectivity index (χ4n) is 7.22. The predicted octanol–water partition coefficient (Wildman–Crippen LogP) is 5.65. The molecule has 2 fully saturated rings. The summed E-state index contributed by atoms with van der Waals surface area (Å²) in [4.78, 5) is 60.6. The second-order valence-corrected chi connectivity index (χ2v) is 14.2. The van der Waals surface area contributed by atoms with Crippen molar-refractivity contribution in [1.29, 1.82) is 0 Å². The van der Waals surface area contributed by atoms with Crippen LogP contribution in [0.5, 0.6) is 0 Å². The summed E-state index contributed by atoms with van der Waals surface area (Å²) in [6, 6.07) is 12.2. The molecule has 0 radical (unpaired) electrons. The first-order valence-corrected chi connectivity index (χ1v) is 18.1. The van der Waals surface area contributed by atoms with Crippen LogP contribution < -0.4 is 10.6 Å². The molecule has 3 aliphatic rings. The van der Waals surface area contributed by atoms with E-state index in [0.717, 1.165) is 53.8 Å². The van der Waals surface area contributed by atoms with Crippen molar-refractivity contribution in [2.24, 2.45) is 16.8 Å². The number of likely N-dealkylation sites (tertiary alicyclic amines) is 2. The number of hydrogen-bond acceptors (Lipinski definition) is 9. The molecular weight excluding hydrogens is 664 g/mol. The van der Waals surface area contributed by atoms with E-state index >= 15 is 0 Å². The van der Waals surface area contributed by atoms with Crippen LogP contribution in [0.4, 0.5) is 10.6 Å². The quantitative estimate of drug-likeness (QED) is 0.258. The summed E-state index contributed by atoms with van der Waals surface area (Å²) >= 11 is 0. The largest absolute Gasteiger partial charge is 0.453 e. The molecule has 13 heteroatoms. The third-order valence-electron chi connectivity index (χ3n) is 10.8.